The number of aromatic amines is 1. The van der Waals surface area contributed by atoms with Crippen LogP contribution in [0, 0.1) is 0 Å². The largest absolute Gasteiger partial charge is 0.465 e. The topological polar surface area (TPSA) is 55.0 Å². The molecule has 1 N–H and O–H groups in total. The number of halogens is 2. The van der Waals surface area contributed by atoms with Crippen LogP contribution < -0.4 is 0 Å². The number of aromatic nitrogens is 2. The SMILES string of the molecule is COC(=O)c1cccc2[nH]c(-c3cc(Br)ccc3Cl)nc12. The molecule has 0 aliphatic rings. The predicted octanol–water partition coefficient (Wildman–Crippen LogP) is 4.43. The summed E-state index contributed by atoms with van der Waals surface area (Å²) >= 11 is 9.63. The molecule has 21 heavy (non-hydrogen) atoms. The number of fused-ring (bicyclic) bond motifs is 1. The highest BCUT2D eigenvalue weighted by Gasteiger charge is 2.15. The predicted molar refractivity (Wildman–Crippen MR) is 85.6 cm³/mol. The molecule has 0 atom stereocenters. The van der Waals surface area contributed by atoms with Crippen molar-refractivity contribution in [2.75, 3.05) is 7.11 Å². The first-order valence-electron chi connectivity index (χ1n) is 6.12. The third kappa shape index (κ3) is 2.54. The van der Waals surface area contributed by atoms with Crippen LogP contribution in [0.25, 0.3) is 22.4 Å². The summed E-state index contributed by atoms with van der Waals surface area (Å²) < 4.78 is 5.67. The molecule has 0 spiro atoms. The Morgan fingerprint density at radius 3 is 2.90 bits per heavy atom. The number of benzene rings is 2. The molecule has 6 heteroatoms. The van der Waals surface area contributed by atoms with Gasteiger partial charge in [0.2, 0.25) is 0 Å². The highest BCUT2D eigenvalue weighted by Crippen LogP contribution is 2.31. The molecule has 0 unspecified atom stereocenters. The van der Waals surface area contributed by atoms with Gasteiger partial charge in [-0.25, -0.2) is 9.78 Å². The van der Waals surface area contributed by atoms with Crippen molar-refractivity contribution in [3.05, 3.63) is 51.5 Å². The summed E-state index contributed by atoms with van der Waals surface area (Å²) in [5.74, 6) is 0.187. The Bertz CT molecular complexity index is 845. The van der Waals surface area contributed by atoms with Gasteiger partial charge in [-0.3, -0.25) is 0 Å². The zero-order valence-electron chi connectivity index (χ0n) is 11.0. The van der Waals surface area contributed by atoms with Crippen molar-refractivity contribution in [1.29, 1.82) is 0 Å². The van der Waals surface area contributed by atoms with Gasteiger partial charge in [0.25, 0.3) is 0 Å². The molecule has 0 radical (unpaired) electrons. The summed E-state index contributed by atoms with van der Waals surface area (Å²) in [4.78, 5) is 19.5. The van der Waals surface area contributed by atoms with Gasteiger partial charge < -0.3 is 9.72 Å². The maximum atomic E-state index is 11.8. The quantitative estimate of drug-likeness (QED) is 0.683. The van der Waals surface area contributed by atoms with E-state index in [0.29, 0.717) is 21.9 Å². The van der Waals surface area contributed by atoms with Crippen LogP contribution in [-0.2, 0) is 4.74 Å². The van der Waals surface area contributed by atoms with Gasteiger partial charge in [0.05, 0.1) is 23.2 Å². The molecule has 1 aromatic heterocycles. The molecule has 0 fully saturated rings. The number of hydrogen-bond acceptors (Lipinski definition) is 3. The average Bonchev–Trinajstić information content (AvgIpc) is 2.92. The lowest BCUT2D eigenvalue weighted by atomic mass is 10.2. The van der Waals surface area contributed by atoms with Gasteiger partial charge >= 0.3 is 5.97 Å². The third-order valence-electron chi connectivity index (χ3n) is 3.10. The number of nitrogens with zero attached hydrogens (tertiary/aromatic N) is 1. The highest BCUT2D eigenvalue weighted by molar-refractivity contribution is 9.10. The molecule has 0 aliphatic carbocycles. The summed E-state index contributed by atoms with van der Waals surface area (Å²) in [7, 11) is 1.35. The van der Waals surface area contributed by atoms with E-state index in [-0.39, 0.29) is 0 Å². The van der Waals surface area contributed by atoms with E-state index in [9.17, 15) is 4.79 Å². The number of ether oxygens (including phenoxy) is 1. The van der Waals surface area contributed by atoms with E-state index in [2.05, 4.69) is 25.9 Å². The fraction of sp³-hybridized carbons (Fsp3) is 0.0667. The number of carbonyl (C=O) groups excluding carboxylic acids is 1. The van der Waals surface area contributed by atoms with Crippen LogP contribution >= 0.6 is 27.5 Å². The number of hydrogen-bond donors (Lipinski definition) is 1. The van der Waals surface area contributed by atoms with Gasteiger partial charge in [-0.2, -0.15) is 0 Å². The molecule has 0 saturated carbocycles. The first kappa shape index (κ1) is 14.1. The fourth-order valence-electron chi connectivity index (χ4n) is 2.11. The maximum Gasteiger partial charge on any atom is 0.340 e. The number of nitrogens with one attached hydrogen (secondary N) is 1. The van der Waals surface area contributed by atoms with E-state index in [1.165, 1.54) is 7.11 Å². The molecular formula is C15H10BrClN2O2. The molecule has 0 saturated heterocycles. The Balaban J connectivity index is 2.22. The molecule has 2 aromatic carbocycles. The molecule has 106 valence electrons. The van der Waals surface area contributed by atoms with Crippen LogP contribution in [0.3, 0.4) is 0 Å². The smallest absolute Gasteiger partial charge is 0.340 e. The Hall–Kier alpha value is -1.85. The lowest BCUT2D eigenvalue weighted by Crippen LogP contribution is -2.01. The third-order valence-corrected chi connectivity index (χ3v) is 3.92. The molecule has 4 nitrogen and oxygen atoms in total. The van der Waals surface area contributed by atoms with Crippen LogP contribution in [0.5, 0.6) is 0 Å². The van der Waals surface area contributed by atoms with E-state index in [1.807, 2.05) is 18.2 Å². The number of carbonyl (C=O) groups is 1. The Morgan fingerprint density at radius 1 is 1.33 bits per heavy atom. The van der Waals surface area contributed by atoms with Crippen molar-refractivity contribution in [3.63, 3.8) is 0 Å². The molecule has 3 aromatic rings. The Kier molecular flexibility index (Phi) is 3.69. The van der Waals surface area contributed by atoms with E-state index in [4.69, 9.17) is 16.3 Å². The average molecular weight is 366 g/mol. The van der Waals surface area contributed by atoms with Gasteiger partial charge in [-0.1, -0.05) is 33.6 Å². The fourth-order valence-corrected chi connectivity index (χ4v) is 2.68. The second kappa shape index (κ2) is 5.50. The van der Waals surface area contributed by atoms with Gasteiger partial charge in [0.15, 0.2) is 0 Å². The summed E-state index contributed by atoms with van der Waals surface area (Å²) in [6.45, 7) is 0. The summed E-state index contributed by atoms with van der Waals surface area (Å²) in [6.07, 6.45) is 0. The number of imidazole rings is 1. The first-order valence-corrected chi connectivity index (χ1v) is 7.29. The van der Waals surface area contributed by atoms with Crippen LogP contribution in [-0.4, -0.2) is 23.0 Å². The number of esters is 1. The Labute approximate surface area is 134 Å². The lowest BCUT2D eigenvalue weighted by Gasteiger charge is -2.01. The van der Waals surface area contributed by atoms with Crippen molar-refractivity contribution in [2.45, 2.75) is 0 Å². The number of rotatable bonds is 2. The van der Waals surface area contributed by atoms with Crippen molar-refractivity contribution in [3.8, 4) is 11.4 Å². The Morgan fingerprint density at radius 2 is 2.14 bits per heavy atom. The van der Waals surface area contributed by atoms with Gasteiger partial charge in [0.1, 0.15) is 11.3 Å². The van der Waals surface area contributed by atoms with Gasteiger partial charge in [-0.15, -0.1) is 0 Å². The van der Waals surface area contributed by atoms with E-state index in [0.717, 1.165) is 15.6 Å². The lowest BCUT2D eigenvalue weighted by molar-refractivity contribution is 0.0603. The van der Waals surface area contributed by atoms with E-state index >= 15 is 0 Å². The van der Waals surface area contributed by atoms with E-state index < -0.39 is 5.97 Å². The minimum atomic E-state index is -0.418. The van der Waals surface area contributed by atoms with Gasteiger partial charge in [-0.05, 0) is 30.3 Å². The van der Waals surface area contributed by atoms with Crippen LogP contribution in [0.1, 0.15) is 10.4 Å². The normalized spacial score (nSPS) is 10.8. The van der Waals surface area contributed by atoms with Crippen molar-refractivity contribution in [2.24, 2.45) is 0 Å². The van der Waals surface area contributed by atoms with Crippen LogP contribution in [0.15, 0.2) is 40.9 Å². The molecule has 0 bridgehead atoms. The van der Waals surface area contributed by atoms with Crippen molar-refractivity contribution >= 4 is 44.5 Å². The standard InChI is InChI=1S/C15H10BrClN2O2/c1-21-15(20)9-3-2-4-12-13(9)19-14(18-12)10-7-8(16)5-6-11(10)17/h2-7H,1H3,(H,18,19). The zero-order valence-corrected chi connectivity index (χ0v) is 13.3. The number of H-pyrrole nitrogens is 1. The monoisotopic (exact) mass is 364 g/mol. The summed E-state index contributed by atoms with van der Waals surface area (Å²) in [5.41, 5.74) is 2.50. The van der Waals surface area contributed by atoms with Crippen molar-refractivity contribution < 1.29 is 9.53 Å². The molecule has 1 heterocycles. The molecule has 0 aliphatic heterocycles. The molecule has 3 rings (SSSR count). The van der Waals surface area contributed by atoms with Gasteiger partial charge in [0, 0.05) is 10.0 Å². The van der Waals surface area contributed by atoms with E-state index in [1.54, 1.807) is 18.2 Å². The van der Waals surface area contributed by atoms with Crippen molar-refractivity contribution in [1.82, 2.24) is 9.97 Å². The maximum absolute atomic E-state index is 11.8. The minimum Gasteiger partial charge on any atom is -0.465 e. The zero-order chi connectivity index (χ0) is 15.0. The van der Waals surface area contributed by atoms with Crippen LogP contribution in [0.2, 0.25) is 5.02 Å². The highest BCUT2D eigenvalue weighted by atomic mass is 79.9. The molecular weight excluding hydrogens is 356 g/mol. The molecule has 0 amide bonds. The number of para-hydroxylation sites is 1. The second-order valence-electron chi connectivity index (χ2n) is 4.40. The first-order chi connectivity index (χ1) is 10.1. The van der Waals surface area contributed by atoms with Crippen LogP contribution in [0.4, 0.5) is 0 Å². The summed E-state index contributed by atoms with van der Waals surface area (Å²) in [6, 6.07) is 10.8. The minimum absolute atomic E-state index is 0.418. The second-order valence-corrected chi connectivity index (χ2v) is 5.73. The summed E-state index contributed by atoms with van der Waals surface area (Å²) in [5, 5.41) is 0.580. The number of methoxy groups -OCH3 is 1.